The summed E-state index contributed by atoms with van der Waals surface area (Å²) in [5.74, 6) is 1.70. The first-order chi connectivity index (χ1) is 12.6. The van der Waals surface area contributed by atoms with Gasteiger partial charge in [0.1, 0.15) is 23.7 Å². The van der Waals surface area contributed by atoms with Crippen molar-refractivity contribution in [1.82, 2.24) is 9.97 Å². The quantitative estimate of drug-likeness (QED) is 0.507. The maximum absolute atomic E-state index is 6.22. The lowest BCUT2D eigenvalue weighted by Gasteiger charge is -2.07. The zero-order chi connectivity index (χ0) is 18.3. The molecule has 4 aromatic rings. The molecule has 130 valence electrons. The van der Waals surface area contributed by atoms with Crippen molar-refractivity contribution in [3.05, 3.63) is 58.8 Å². The van der Waals surface area contributed by atoms with Gasteiger partial charge in [-0.25, -0.2) is 9.97 Å². The van der Waals surface area contributed by atoms with Crippen molar-refractivity contribution < 1.29 is 9.15 Å². The Labute approximate surface area is 159 Å². The Hall–Kier alpha value is -2.76. The summed E-state index contributed by atoms with van der Waals surface area (Å²) in [5, 5.41) is 1.55. The number of furan rings is 1. The second-order valence-electron chi connectivity index (χ2n) is 5.60. The van der Waals surface area contributed by atoms with Gasteiger partial charge in [0.25, 0.3) is 0 Å². The molecule has 0 bridgehead atoms. The maximum atomic E-state index is 6.22. The number of fused-ring (bicyclic) bond motifs is 1. The Balaban J connectivity index is 2.03. The summed E-state index contributed by atoms with van der Waals surface area (Å²) >= 11 is 12.3. The van der Waals surface area contributed by atoms with E-state index in [2.05, 4.69) is 9.97 Å². The minimum absolute atomic E-state index is 0.333. The highest BCUT2D eigenvalue weighted by Gasteiger charge is 2.21. The van der Waals surface area contributed by atoms with Crippen molar-refractivity contribution >= 4 is 40.1 Å². The van der Waals surface area contributed by atoms with Gasteiger partial charge in [0, 0.05) is 11.1 Å². The summed E-state index contributed by atoms with van der Waals surface area (Å²) in [6, 6.07) is 12.9. The number of ether oxygens (including phenoxy) is 1. The van der Waals surface area contributed by atoms with Crippen LogP contribution in [0.25, 0.3) is 33.6 Å². The molecule has 0 aliphatic carbocycles. The number of hydrogen-bond donors (Lipinski definition) is 1. The van der Waals surface area contributed by atoms with Gasteiger partial charge >= 0.3 is 0 Å². The van der Waals surface area contributed by atoms with E-state index in [-0.39, 0.29) is 0 Å². The Kier molecular flexibility index (Phi) is 4.18. The first kappa shape index (κ1) is 16.7. The number of rotatable bonds is 3. The summed E-state index contributed by atoms with van der Waals surface area (Å²) in [5.41, 5.74) is 8.94. The Morgan fingerprint density at radius 3 is 2.38 bits per heavy atom. The first-order valence-corrected chi connectivity index (χ1v) is 8.47. The molecule has 2 aromatic carbocycles. The van der Waals surface area contributed by atoms with Gasteiger partial charge in [-0.3, -0.25) is 0 Å². The lowest BCUT2D eigenvalue weighted by Crippen LogP contribution is -1.92. The molecule has 0 amide bonds. The molecule has 4 rings (SSSR count). The molecular weight excluding hydrogens is 373 g/mol. The predicted octanol–water partition coefficient (Wildman–Crippen LogP) is 5.45. The topological polar surface area (TPSA) is 74.2 Å². The first-order valence-electron chi connectivity index (χ1n) is 7.71. The molecule has 5 nitrogen and oxygen atoms in total. The number of benzene rings is 2. The molecule has 7 heteroatoms. The molecule has 0 fully saturated rings. The fourth-order valence-corrected chi connectivity index (χ4v) is 3.13. The number of nitrogens with two attached hydrogens (primary N) is 1. The number of aromatic nitrogens is 2. The molecule has 2 N–H and O–H groups in total. The van der Waals surface area contributed by atoms with E-state index in [1.807, 2.05) is 30.3 Å². The Morgan fingerprint density at radius 2 is 1.69 bits per heavy atom. The normalized spacial score (nSPS) is 11.0. The lowest BCUT2D eigenvalue weighted by atomic mass is 9.99. The molecule has 0 aliphatic rings. The fraction of sp³-hybridized carbons (Fsp3) is 0.0526. The largest absolute Gasteiger partial charge is 0.497 e. The third-order valence-electron chi connectivity index (χ3n) is 4.08. The molecule has 0 unspecified atom stereocenters. The van der Waals surface area contributed by atoms with Crippen LogP contribution in [0.1, 0.15) is 0 Å². The van der Waals surface area contributed by atoms with Crippen molar-refractivity contribution in [1.29, 1.82) is 0 Å². The van der Waals surface area contributed by atoms with Crippen LogP contribution in [0.2, 0.25) is 10.0 Å². The molecule has 26 heavy (non-hydrogen) atoms. The lowest BCUT2D eigenvalue weighted by molar-refractivity contribution is 0.415. The molecule has 2 aromatic heterocycles. The van der Waals surface area contributed by atoms with Crippen LogP contribution in [0.4, 0.5) is 5.82 Å². The fourth-order valence-electron chi connectivity index (χ4n) is 2.83. The molecule has 0 saturated heterocycles. The van der Waals surface area contributed by atoms with Crippen LogP contribution in [0, 0.1) is 0 Å². The van der Waals surface area contributed by atoms with E-state index in [0.717, 1.165) is 22.4 Å². The monoisotopic (exact) mass is 385 g/mol. The summed E-state index contributed by atoms with van der Waals surface area (Å²) < 4.78 is 11.2. The van der Waals surface area contributed by atoms with Gasteiger partial charge in [0.2, 0.25) is 5.71 Å². The van der Waals surface area contributed by atoms with Gasteiger partial charge in [-0.2, -0.15) is 0 Å². The maximum Gasteiger partial charge on any atom is 0.232 e. The van der Waals surface area contributed by atoms with Gasteiger partial charge in [-0.1, -0.05) is 29.3 Å². The summed E-state index contributed by atoms with van der Waals surface area (Å²) in [4.78, 5) is 8.30. The predicted molar refractivity (Wildman–Crippen MR) is 104 cm³/mol. The summed E-state index contributed by atoms with van der Waals surface area (Å²) in [7, 11) is 1.62. The number of anilines is 1. The van der Waals surface area contributed by atoms with E-state index >= 15 is 0 Å². The number of nitrogen functional groups attached to an aromatic ring is 1. The van der Waals surface area contributed by atoms with Gasteiger partial charge in [0.15, 0.2) is 0 Å². The van der Waals surface area contributed by atoms with Crippen molar-refractivity contribution in [2.75, 3.05) is 12.8 Å². The number of methoxy groups -OCH3 is 1. The van der Waals surface area contributed by atoms with Crippen LogP contribution in [0.15, 0.2) is 53.2 Å². The molecular formula is C19H13Cl2N3O2. The molecule has 0 aliphatic heterocycles. The average molecular weight is 386 g/mol. The Bertz CT molecular complexity index is 1110. The van der Waals surface area contributed by atoms with E-state index in [0.29, 0.717) is 32.7 Å². The third-order valence-corrected chi connectivity index (χ3v) is 4.82. The SMILES string of the molecule is COc1ccc(-c2oc3ncnc(N)c3c2-c2ccc(Cl)c(Cl)c2)cc1. The standard InChI is InChI=1S/C19H13Cl2N3O2/c1-25-12-5-2-10(3-6-12)17-15(11-4-7-13(20)14(21)8-11)16-18(22)23-9-24-19(16)26-17/h2-9H,1H3,(H2,22,23,24). The number of hydrogen-bond acceptors (Lipinski definition) is 5. The highest BCUT2D eigenvalue weighted by molar-refractivity contribution is 6.42. The van der Waals surface area contributed by atoms with E-state index in [1.165, 1.54) is 6.33 Å². The Morgan fingerprint density at radius 1 is 0.962 bits per heavy atom. The van der Waals surface area contributed by atoms with Crippen LogP contribution < -0.4 is 10.5 Å². The summed E-state index contributed by atoms with van der Waals surface area (Å²) in [6.07, 6.45) is 1.37. The highest BCUT2D eigenvalue weighted by atomic mass is 35.5. The van der Waals surface area contributed by atoms with Crippen molar-refractivity contribution in [3.63, 3.8) is 0 Å². The molecule has 0 spiro atoms. The van der Waals surface area contributed by atoms with Crippen LogP contribution in [-0.2, 0) is 0 Å². The molecule has 2 heterocycles. The summed E-state index contributed by atoms with van der Waals surface area (Å²) in [6.45, 7) is 0. The van der Waals surface area contributed by atoms with Gasteiger partial charge in [-0.15, -0.1) is 0 Å². The minimum atomic E-state index is 0.333. The van der Waals surface area contributed by atoms with Crippen LogP contribution in [0.5, 0.6) is 5.75 Å². The average Bonchev–Trinajstić information content (AvgIpc) is 3.05. The van der Waals surface area contributed by atoms with E-state index in [9.17, 15) is 0 Å². The van der Waals surface area contributed by atoms with Crippen LogP contribution >= 0.6 is 23.2 Å². The highest BCUT2D eigenvalue weighted by Crippen LogP contribution is 2.43. The smallest absolute Gasteiger partial charge is 0.232 e. The van der Waals surface area contributed by atoms with E-state index in [1.54, 1.807) is 19.2 Å². The second-order valence-corrected chi connectivity index (χ2v) is 6.42. The van der Waals surface area contributed by atoms with E-state index in [4.69, 9.17) is 38.1 Å². The van der Waals surface area contributed by atoms with Crippen molar-refractivity contribution in [2.45, 2.75) is 0 Å². The van der Waals surface area contributed by atoms with Gasteiger partial charge < -0.3 is 14.9 Å². The number of nitrogens with zero attached hydrogens (tertiary/aromatic N) is 2. The van der Waals surface area contributed by atoms with Crippen molar-refractivity contribution in [3.8, 4) is 28.2 Å². The zero-order valence-electron chi connectivity index (χ0n) is 13.7. The van der Waals surface area contributed by atoms with Gasteiger partial charge in [0.05, 0.1) is 22.5 Å². The van der Waals surface area contributed by atoms with E-state index < -0.39 is 0 Å². The van der Waals surface area contributed by atoms with Crippen LogP contribution in [-0.4, -0.2) is 17.1 Å². The third kappa shape index (κ3) is 2.75. The van der Waals surface area contributed by atoms with Crippen LogP contribution in [0.3, 0.4) is 0 Å². The molecule has 0 atom stereocenters. The molecule has 0 radical (unpaired) electrons. The second kappa shape index (κ2) is 6.52. The van der Waals surface area contributed by atoms with Gasteiger partial charge in [-0.05, 0) is 42.0 Å². The minimum Gasteiger partial charge on any atom is -0.497 e. The number of halogens is 2. The zero-order valence-corrected chi connectivity index (χ0v) is 15.2. The molecule has 0 saturated carbocycles. The van der Waals surface area contributed by atoms with Crippen molar-refractivity contribution in [2.24, 2.45) is 0 Å².